The van der Waals surface area contributed by atoms with E-state index in [1.807, 2.05) is 0 Å². The van der Waals surface area contributed by atoms with Crippen LogP contribution >= 0.6 is 0 Å². The fourth-order valence-corrected chi connectivity index (χ4v) is 4.16. The van der Waals surface area contributed by atoms with Crippen LogP contribution in [0.5, 0.6) is 0 Å². The van der Waals surface area contributed by atoms with Gasteiger partial charge in [0.25, 0.3) is 0 Å². The SMILES string of the molecule is C[Si](C)(C)C/C(C(=O)O)=C(\C(=O)O)C1CCCCC1. The summed E-state index contributed by atoms with van der Waals surface area (Å²) in [6.07, 6.45) is 4.75. The van der Waals surface area contributed by atoms with Gasteiger partial charge in [-0.3, -0.25) is 0 Å². The first-order chi connectivity index (χ1) is 8.72. The Kier molecular flexibility index (Phi) is 5.35. The van der Waals surface area contributed by atoms with Crippen LogP contribution in [0, 0.1) is 5.92 Å². The molecule has 1 saturated carbocycles. The topological polar surface area (TPSA) is 74.6 Å². The van der Waals surface area contributed by atoms with E-state index in [4.69, 9.17) is 0 Å². The lowest BCUT2D eigenvalue weighted by molar-refractivity contribution is -0.136. The van der Waals surface area contributed by atoms with Gasteiger partial charge in [-0.05, 0) is 24.8 Å². The van der Waals surface area contributed by atoms with Gasteiger partial charge in [0.2, 0.25) is 0 Å². The molecule has 0 spiro atoms. The van der Waals surface area contributed by atoms with E-state index in [0.717, 1.165) is 32.1 Å². The normalized spacial score (nSPS) is 18.9. The van der Waals surface area contributed by atoms with Gasteiger partial charge >= 0.3 is 11.9 Å². The predicted octanol–water partition coefficient (Wildman–Crippen LogP) is 3.37. The van der Waals surface area contributed by atoms with Crippen LogP contribution in [0.1, 0.15) is 32.1 Å². The van der Waals surface area contributed by atoms with E-state index in [0.29, 0.717) is 6.04 Å². The van der Waals surface area contributed by atoms with Crippen LogP contribution in [-0.2, 0) is 9.59 Å². The molecule has 0 saturated heterocycles. The van der Waals surface area contributed by atoms with Crippen molar-refractivity contribution in [2.24, 2.45) is 5.92 Å². The minimum absolute atomic E-state index is 0.0753. The summed E-state index contributed by atoms with van der Waals surface area (Å²) >= 11 is 0. The first-order valence-electron chi connectivity index (χ1n) is 6.92. The molecule has 1 aliphatic carbocycles. The monoisotopic (exact) mass is 284 g/mol. The zero-order valence-electron chi connectivity index (χ0n) is 12.0. The molecule has 0 bridgehead atoms. The first-order valence-corrected chi connectivity index (χ1v) is 10.6. The standard InChI is InChI=1S/C14H24O4Si/c1-19(2,3)9-11(13(15)16)12(14(17)18)10-7-5-4-6-8-10/h10H,4-9H2,1-3H3,(H,15,16)(H,17,18)/b12-11+. The fraction of sp³-hybridized carbons (Fsp3) is 0.714. The summed E-state index contributed by atoms with van der Waals surface area (Å²) in [7, 11) is -1.66. The maximum absolute atomic E-state index is 11.5. The minimum atomic E-state index is -1.66. The largest absolute Gasteiger partial charge is 0.478 e. The third kappa shape index (κ3) is 4.82. The summed E-state index contributed by atoms with van der Waals surface area (Å²) < 4.78 is 0. The molecule has 1 aliphatic rings. The van der Waals surface area contributed by atoms with Gasteiger partial charge in [-0.2, -0.15) is 0 Å². The van der Waals surface area contributed by atoms with Crippen LogP contribution in [0.3, 0.4) is 0 Å². The van der Waals surface area contributed by atoms with E-state index in [-0.39, 0.29) is 17.1 Å². The molecule has 0 atom stereocenters. The molecule has 1 fully saturated rings. The Morgan fingerprint density at radius 2 is 1.53 bits per heavy atom. The van der Waals surface area contributed by atoms with Crippen LogP contribution in [0.15, 0.2) is 11.1 Å². The highest BCUT2D eigenvalue weighted by atomic mass is 28.3. The Morgan fingerprint density at radius 1 is 1.00 bits per heavy atom. The van der Waals surface area contributed by atoms with Crippen LogP contribution in [0.25, 0.3) is 0 Å². The number of carboxylic acids is 2. The second-order valence-electron chi connectivity index (χ2n) is 6.57. The molecular weight excluding hydrogens is 260 g/mol. The van der Waals surface area contributed by atoms with Gasteiger partial charge in [0, 0.05) is 13.6 Å². The van der Waals surface area contributed by atoms with Crippen molar-refractivity contribution in [3.05, 3.63) is 11.1 Å². The van der Waals surface area contributed by atoms with Crippen molar-refractivity contribution in [1.29, 1.82) is 0 Å². The Bertz CT molecular complexity index is 387. The second kappa shape index (κ2) is 6.37. The Labute approximate surface area is 115 Å². The molecule has 0 aromatic carbocycles. The van der Waals surface area contributed by atoms with E-state index < -0.39 is 20.0 Å². The molecule has 108 valence electrons. The van der Waals surface area contributed by atoms with Crippen molar-refractivity contribution in [2.45, 2.75) is 57.8 Å². The second-order valence-corrected chi connectivity index (χ2v) is 12.0. The molecule has 5 heteroatoms. The third-order valence-electron chi connectivity index (χ3n) is 3.53. The van der Waals surface area contributed by atoms with Crippen LogP contribution in [-0.4, -0.2) is 30.2 Å². The molecule has 0 amide bonds. The zero-order valence-corrected chi connectivity index (χ0v) is 13.0. The summed E-state index contributed by atoms with van der Waals surface area (Å²) in [5.41, 5.74) is 0.327. The molecule has 1 rings (SSSR count). The van der Waals surface area contributed by atoms with Crippen molar-refractivity contribution >= 4 is 20.0 Å². The molecule has 0 heterocycles. The van der Waals surface area contributed by atoms with Gasteiger partial charge in [0.05, 0.1) is 5.57 Å². The zero-order chi connectivity index (χ0) is 14.6. The van der Waals surface area contributed by atoms with Crippen molar-refractivity contribution in [3.63, 3.8) is 0 Å². The van der Waals surface area contributed by atoms with Gasteiger partial charge in [0.15, 0.2) is 0 Å². The van der Waals surface area contributed by atoms with Gasteiger partial charge in [-0.1, -0.05) is 38.9 Å². The van der Waals surface area contributed by atoms with Gasteiger partial charge in [-0.25, -0.2) is 9.59 Å². The lowest BCUT2D eigenvalue weighted by Crippen LogP contribution is -2.27. The maximum Gasteiger partial charge on any atom is 0.332 e. The summed E-state index contributed by atoms with van der Waals surface area (Å²) in [5.74, 6) is -2.17. The van der Waals surface area contributed by atoms with E-state index in [1.54, 1.807) is 0 Å². The molecule has 0 unspecified atom stereocenters. The summed E-state index contributed by atoms with van der Waals surface area (Å²) in [5, 5.41) is 18.8. The quantitative estimate of drug-likeness (QED) is 0.599. The third-order valence-corrected chi connectivity index (χ3v) is 4.95. The molecule has 19 heavy (non-hydrogen) atoms. The lowest BCUT2D eigenvalue weighted by Gasteiger charge is -2.25. The smallest absolute Gasteiger partial charge is 0.332 e. The van der Waals surface area contributed by atoms with Crippen LogP contribution < -0.4 is 0 Å². The Hall–Kier alpha value is -1.10. The van der Waals surface area contributed by atoms with E-state index >= 15 is 0 Å². The molecule has 4 nitrogen and oxygen atoms in total. The number of hydrogen-bond donors (Lipinski definition) is 2. The summed E-state index contributed by atoms with van der Waals surface area (Å²) in [6, 6.07) is 0.431. The number of carbonyl (C=O) groups is 2. The summed E-state index contributed by atoms with van der Waals surface area (Å²) in [6.45, 7) is 6.20. The minimum Gasteiger partial charge on any atom is -0.478 e. The number of rotatable bonds is 5. The molecule has 0 aromatic heterocycles. The molecule has 0 radical (unpaired) electrons. The van der Waals surface area contributed by atoms with Crippen molar-refractivity contribution < 1.29 is 19.8 Å². The number of carboxylic acid groups (broad SMARTS) is 2. The molecular formula is C14H24O4Si. The van der Waals surface area contributed by atoms with Crippen LogP contribution in [0.4, 0.5) is 0 Å². The fourth-order valence-electron chi connectivity index (χ4n) is 2.76. The lowest BCUT2D eigenvalue weighted by atomic mass is 9.82. The average Bonchev–Trinajstić information content (AvgIpc) is 2.27. The van der Waals surface area contributed by atoms with E-state index in [2.05, 4.69) is 19.6 Å². The van der Waals surface area contributed by atoms with Gasteiger partial charge in [-0.15, -0.1) is 0 Å². The highest BCUT2D eigenvalue weighted by Gasteiger charge is 2.31. The number of hydrogen-bond acceptors (Lipinski definition) is 2. The average molecular weight is 284 g/mol. The molecule has 2 N–H and O–H groups in total. The van der Waals surface area contributed by atoms with E-state index in [1.165, 1.54) is 0 Å². The van der Waals surface area contributed by atoms with Crippen molar-refractivity contribution in [3.8, 4) is 0 Å². The highest BCUT2D eigenvalue weighted by Crippen LogP contribution is 2.34. The molecule has 0 aliphatic heterocycles. The van der Waals surface area contributed by atoms with E-state index in [9.17, 15) is 19.8 Å². The maximum atomic E-state index is 11.5. The Balaban J connectivity index is 3.16. The number of aliphatic carboxylic acids is 2. The highest BCUT2D eigenvalue weighted by molar-refractivity contribution is 6.77. The van der Waals surface area contributed by atoms with Crippen LogP contribution in [0.2, 0.25) is 25.7 Å². The van der Waals surface area contributed by atoms with Crippen molar-refractivity contribution in [2.75, 3.05) is 0 Å². The first kappa shape index (κ1) is 16.0. The Morgan fingerprint density at radius 3 is 1.89 bits per heavy atom. The van der Waals surface area contributed by atoms with Gasteiger partial charge in [0.1, 0.15) is 0 Å². The summed E-state index contributed by atoms with van der Waals surface area (Å²) in [4.78, 5) is 23.0. The van der Waals surface area contributed by atoms with Crippen molar-refractivity contribution in [1.82, 2.24) is 0 Å². The van der Waals surface area contributed by atoms with Gasteiger partial charge < -0.3 is 10.2 Å². The predicted molar refractivity (Wildman–Crippen MR) is 77.0 cm³/mol. The molecule has 0 aromatic rings.